The van der Waals surface area contributed by atoms with Crippen LogP contribution in [-0.2, 0) is 49.9 Å². The molecule has 0 saturated carbocycles. The molecular weight excluding hydrogens is 510 g/mol. The van der Waals surface area contributed by atoms with Gasteiger partial charge in [-0.25, -0.2) is 13.1 Å². The average Bonchev–Trinajstić information content (AvgIpc) is 3.27. The average molecular weight is 542 g/mol. The summed E-state index contributed by atoms with van der Waals surface area (Å²) in [5.74, 6) is -0.936. The molecule has 0 radical (unpaired) electrons. The summed E-state index contributed by atoms with van der Waals surface area (Å²) in [4.78, 5) is 0.0423. The number of hydrogen-bond donors (Lipinski definition) is 1. The molecule has 2 saturated heterocycles. The topological polar surface area (TPSA) is 126 Å². The van der Waals surface area contributed by atoms with Gasteiger partial charge in [-0.05, 0) is 38.5 Å². The Bertz CT molecular complexity index is 1250. The molecule has 0 aromatic heterocycles. The van der Waals surface area contributed by atoms with Gasteiger partial charge in [0.25, 0.3) is 10.1 Å². The van der Waals surface area contributed by atoms with Crippen LogP contribution in [0.3, 0.4) is 0 Å². The number of nitrogens with one attached hydrogen (secondary N) is 1. The molecule has 198 valence electrons. The lowest BCUT2D eigenvalue weighted by Gasteiger charge is -2.30. The van der Waals surface area contributed by atoms with Gasteiger partial charge in [-0.2, -0.15) is 8.42 Å². The molecule has 36 heavy (non-hydrogen) atoms. The zero-order valence-electron chi connectivity index (χ0n) is 20.5. The summed E-state index contributed by atoms with van der Waals surface area (Å²) < 4.78 is 81.7. The van der Waals surface area contributed by atoms with E-state index in [1.165, 1.54) is 12.1 Å². The fourth-order valence-electron chi connectivity index (χ4n) is 4.18. The Morgan fingerprint density at radius 2 is 1.67 bits per heavy atom. The Labute approximate surface area is 212 Å². The van der Waals surface area contributed by atoms with Gasteiger partial charge in [0.2, 0.25) is 10.0 Å². The Hall–Kier alpha value is -1.90. The van der Waals surface area contributed by atoms with Gasteiger partial charge in [0.05, 0.1) is 17.8 Å². The third-order valence-electron chi connectivity index (χ3n) is 5.78. The van der Waals surface area contributed by atoms with Crippen LogP contribution in [-0.4, -0.2) is 66.1 Å². The van der Waals surface area contributed by atoms with Crippen LogP contribution in [0.4, 0.5) is 0 Å². The predicted octanol–water partition coefficient (Wildman–Crippen LogP) is 2.08. The van der Waals surface area contributed by atoms with E-state index in [4.69, 9.17) is 23.1 Å². The van der Waals surface area contributed by atoms with Gasteiger partial charge in [-0.15, -0.1) is 0 Å². The number of ether oxygens (including phenoxy) is 4. The number of benzene rings is 2. The highest BCUT2D eigenvalue weighted by molar-refractivity contribution is 7.89. The molecule has 0 unspecified atom stereocenters. The highest BCUT2D eigenvalue weighted by Gasteiger charge is 2.58. The zero-order valence-corrected chi connectivity index (χ0v) is 22.1. The molecule has 2 aromatic rings. The van der Waals surface area contributed by atoms with Crippen molar-refractivity contribution in [1.82, 2.24) is 4.72 Å². The quantitative estimate of drug-likeness (QED) is 0.450. The maximum atomic E-state index is 12.9. The molecule has 0 aliphatic carbocycles. The number of hydrogen-bond acceptors (Lipinski definition) is 9. The second-order valence-corrected chi connectivity index (χ2v) is 12.7. The highest BCUT2D eigenvalue weighted by Crippen LogP contribution is 2.40. The Morgan fingerprint density at radius 3 is 2.31 bits per heavy atom. The minimum atomic E-state index is -3.99. The van der Waals surface area contributed by atoms with E-state index in [-0.39, 0.29) is 18.0 Å². The summed E-state index contributed by atoms with van der Waals surface area (Å²) in [6, 6.07) is 15.7. The van der Waals surface area contributed by atoms with Crippen LogP contribution in [0.1, 0.15) is 25.0 Å². The Kier molecular flexibility index (Phi) is 7.89. The summed E-state index contributed by atoms with van der Waals surface area (Å²) in [6.07, 6.45) is -3.68. The van der Waals surface area contributed by atoms with Crippen molar-refractivity contribution in [2.45, 2.75) is 68.8 Å². The predicted molar refractivity (Wildman–Crippen MR) is 130 cm³/mol. The molecule has 5 atom stereocenters. The molecule has 2 aliphatic heterocycles. The molecule has 2 aromatic carbocycles. The van der Waals surface area contributed by atoms with Gasteiger partial charge in [0.15, 0.2) is 12.1 Å². The zero-order chi connectivity index (χ0) is 26.1. The minimum Gasteiger partial charge on any atom is -0.368 e. The summed E-state index contributed by atoms with van der Waals surface area (Å²) in [5.41, 5.74) is 1.79. The van der Waals surface area contributed by atoms with Crippen molar-refractivity contribution >= 4 is 20.1 Å². The molecule has 10 nitrogen and oxygen atoms in total. The van der Waals surface area contributed by atoms with Crippen molar-refractivity contribution < 1.29 is 40.0 Å². The van der Waals surface area contributed by atoms with Crippen molar-refractivity contribution in [2.24, 2.45) is 0 Å². The molecule has 2 aliphatic rings. The van der Waals surface area contributed by atoms with Crippen LogP contribution < -0.4 is 4.72 Å². The fourth-order valence-corrected chi connectivity index (χ4v) is 5.85. The molecule has 2 fully saturated rings. The van der Waals surface area contributed by atoms with E-state index in [0.29, 0.717) is 0 Å². The molecule has 12 heteroatoms. The maximum absolute atomic E-state index is 12.9. The molecular formula is C24H31NO9S2. The van der Waals surface area contributed by atoms with Crippen LogP contribution in [0, 0.1) is 6.92 Å². The van der Waals surface area contributed by atoms with Crippen molar-refractivity contribution in [3.63, 3.8) is 0 Å². The van der Waals surface area contributed by atoms with Gasteiger partial charge >= 0.3 is 0 Å². The third-order valence-corrected chi connectivity index (χ3v) is 7.82. The maximum Gasteiger partial charge on any atom is 0.264 e. The molecule has 0 spiro atoms. The van der Waals surface area contributed by atoms with Crippen molar-refractivity contribution in [3.05, 3.63) is 65.7 Å². The summed E-state index contributed by atoms with van der Waals surface area (Å²) in [7, 11) is -7.94. The van der Waals surface area contributed by atoms with E-state index < -0.39 is 56.6 Å². The van der Waals surface area contributed by atoms with Gasteiger partial charge in [-0.1, -0.05) is 48.0 Å². The lowest BCUT2D eigenvalue weighted by atomic mass is 10.1. The second-order valence-electron chi connectivity index (χ2n) is 9.33. The Balaban J connectivity index is 1.57. The standard InChI is InChI=1S/C24H31NO9S2/c1-16-10-12-18(13-11-16)36(28,29)25-14-19(34-35(4,26)27)20-21(30-15-17-8-6-5-7-9-17)22-23(31-20)33-24(2,3)32-22/h5-13,19-23,25H,14-15H2,1-4H3/t19-,20-,21+,22-,23-/m1/s1. The van der Waals surface area contributed by atoms with Gasteiger partial charge in [-0.3, -0.25) is 4.18 Å². The van der Waals surface area contributed by atoms with E-state index in [1.807, 2.05) is 37.3 Å². The van der Waals surface area contributed by atoms with E-state index in [0.717, 1.165) is 17.4 Å². The minimum absolute atomic E-state index is 0.0423. The first kappa shape index (κ1) is 27.1. The summed E-state index contributed by atoms with van der Waals surface area (Å²) >= 11 is 0. The van der Waals surface area contributed by atoms with Gasteiger partial charge < -0.3 is 18.9 Å². The lowest BCUT2D eigenvalue weighted by Crippen LogP contribution is -2.49. The molecule has 2 heterocycles. The highest BCUT2D eigenvalue weighted by atomic mass is 32.2. The van der Waals surface area contributed by atoms with Gasteiger partial charge in [0.1, 0.15) is 24.4 Å². The lowest BCUT2D eigenvalue weighted by molar-refractivity contribution is -0.228. The second kappa shape index (κ2) is 10.5. The molecule has 1 N–H and O–H groups in total. The molecule has 4 rings (SSSR count). The Morgan fingerprint density at radius 1 is 1.00 bits per heavy atom. The normalized spacial score (nSPS) is 26.6. The van der Waals surface area contributed by atoms with Crippen molar-refractivity contribution in [2.75, 3.05) is 12.8 Å². The monoisotopic (exact) mass is 541 g/mol. The van der Waals surface area contributed by atoms with Crippen LogP contribution in [0.5, 0.6) is 0 Å². The molecule has 0 bridgehead atoms. The fraction of sp³-hybridized carbons (Fsp3) is 0.500. The van der Waals surface area contributed by atoms with Crippen LogP contribution in [0.25, 0.3) is 0 Å². The van der Waals surface area contributed by atoms with E-state index in [9.17, 15) is 16.8 Å². The largest absolute Gasteiger partial charge is 0.368 e. The van der Waals surface area contributed by atoms with Gasteiger partial charge in [0, 0.05) is 6.54 Å². The van der Waals surface area contributed by atoms with Crippen molar-refractivity contribution in [1.29, 1.82) is 0 Å². The van der Waals surface area contributed by atoms with Crippen LogP contribution >= 0.6 is 0 Å². The smallest absolute Gasteiger partial charge is 0.264 e. The first-order valence-corrected chi connectivity index (χ1v) is 14.7. The van der Waals surface area contributed by atoms with Crippen LogP contribution in [0.15, 0.2) is 59.5 Å². The first-order valence-electron chi connectivity index (χ1n) is 11.4. The van der Waals surface area contributed by atoms with E-state index >= 15 is 0 Å². The number of aryl methyl sites for hydroxylation is 1. The molecule has 0 amide bonds. The third kappa shape index (κ3) is 6.69. The van der Waals surface area contributed by atoms with Crippen molar-refractivity contribution in [3.8, 4) is 0 Å². The van der Waals surface area contributed by atoms with E-state index in [2.05, 4.69) is 4.72 Å². The number of rotatable bonds is 10. The summed E-state index contributed by atoms with van der Waals surface area (Å²) in [6.45, 7) is 5.12. The number of sulfonamides is 1. The summed E-state index contributed by atoms with van der Waals surface area (Å²) in [5, 5.41) is 0. The van der Waals surface area contributed by atoms with E-state index in [1.54, 1.807) is 26.0 Å². The SMILES string of the molecule is Cc1ccc(S(=O)(=O)NC[C@@H](OS(C)(=O)=O)[C@H]2O[C@@H]3OC(C)(C)O[C@@H]3[C@H]2OCc2ccccc2)cc1. The first-order chi connectivity index (χ1) is 16.8. The van der Waals surface area contributed by atoms with Crippen LogP contribution in [0.2, 0.25) is 0 Å². The number of fused-ring (bicyclic) bond motifs is 1.